The standard InChI is InChI=1S/C20H23FN2O3/c1-12(2)18(24)17-16(23-19(25)26-20(3,4)5)10-14(11-22-17)13-7-6-8-15(21)9-13/h6-12H,1-5H3,(H,23,25). The molecule has 0 bridgehead atoms. The summed E-state index contributed by atoms with van der Waals surface area (Å²) in [6.07, 6.45) is 0.804. The molecule has 0 aliphatic heterocycles. The molecule has 26 heavy (non-hydrogen) atoms. The Morgan fingerprint density at radius 1 is 1.15 bits per heavy atom. The third kappa shape index (κ3) is 5.12. The minimum Gasteiger partial charge on any atom is -0.444 e. The molecule has 2 aromatic rings. The van der Waals surface area contributed by atoms with Crippen molar-refractivity contribution in [3.63, 3.8) is 0 Å². The molecule has 0 saturated heterocycles. The van der Waals surface area contributed by atoms with Gasteiger partial charge in [0.15, 0.2) is 5.78 Å². The highest BCUT2D eigenvalue weighted by atomic mass is 19.1. The number of carbonyl (C=O) groups is 2. The van der Waals surface area contributed by atoms with Gasteiger partial charge in [-0.2, -0.15) is 0 Å². The average molecular weight is 358 g/mol. The van der Waals surface area contributed by atoms with Crippen LogP contribution in [0.3, 0.4) is 0 Å². The van der Waals surface area contributed by atoms with Crippen LogP contribution in [0.2, 0.25) is 0 Å². The molecule has 1 amide bonds. The number of anilines is 1. The first kappa shape index (κ1) is 19.6. The minimum atomic E-state index is -0.687. The van der Waals surface area contributed by atoms with E-state index in [0.29, 0.717) is 11.1 Å². The van der Waals surface area contributed by atoms with E-state index in [1.807, 2.05) is 0 Å². The normalized spacial score (nSPS) is 11.3. The molecule has 1 aromatic heterocycles. The predicted molar refractivity (Wildman–Crippen MR) is 98.7 cm³/mol. The summed E-state index contributed by atoms with van der Waals surface area (Å²) >= 11 is 0. The van der Waals surface area contributed by atoms with E-state index in [1.54, 1.807) is 52.8 Å². The van der Waals surface area contributed by atoms with Crippen molar-refractivity contribution in [1.29, 1.82) is 0 Å². The van der Waals surface area contributed by atoms with Crippen LogP contribution in [0.5, 0.6) is 0 Å². The quantitative estimate of drug-likeness (QED) is 0.775. The Kier molecular flexibility index (Phi) is 5.75. The van der Waals surface area contributed by atoms with E-state index in [1.165, 1.54) is 18.3 Å². The molecule has 0 unspecified atom stereocenters. The molecule has 0 aliphatic carbocycles. The second-order valence-corrected chi connectivity index (χ2v) is 7.28. The maximum atomic E-state index is 13.5. The van der Waals surface area contributed by atoms with Crippen LogP contribution in [-0.4, -0.2) is 22.5 Å². The second-order valence-electron chi connectivity index (χ2n) is 7.28. The topological polar surface area (TPSA) is 68.3 Å². The third-order valence-corrected chi connectivity index (χ3v) is 3.44. The number of amides is 1. The monoisotopic (exact) mass is 358 g/mol. The summed E-state index contributed by atoms with van der Waals surface area (Å²) in [5, 5.41) is 2.59. The van der Waals surface area contributed by atoms with Gasteiger partial charge in [-0.05, 0) is 44.5 Å². The van der Waals surface area contributed by atoms with E-state index < -0.39 is 11.7 Å². The Morgan fingerprint density at radius 2 is 1.85 bits per heavy atom. The highest BCUT2D eigenvalue weighted by Crippen LogP contribution is 2.26. The van der Waals surface area contributed by atoms with E-state index in [9.17, 15) is 14.0 Å². The summed E-state index contributed by atoms with van der Waals surface area (Å²) in [4.78, 5) is 28.8. The van der Waals surface area contributed by atoms with Crippen molar-refractivity contribution in [2.75, 3.05) is 5.32 Å². The number of ketones is 1. The van der Waals surface area contributed by atoms with Crippen molar-refractivity contribution < 1.29 is 18.7 Å². The highest BCUT2D eigenvalue weighted by Gasteiger charge is 2.22. The molecule has 138 valence electrons. The molecule has 2 rings (SSSR count). The molecule has 0 radical (unpaired) electrons. The number of hydrogen-bond acceptors (Lipinski definition) is 4. The van der Waals surface area contributed by atoms with Gasteiger partial charge in [-0.25, -0.2) is 9.18 Å². The fourth-order valence-corrected chi connectivity index (χ4v) is 2.27. The Balaban J connectivity index is 2.44. The van der Waals surface area contributed by atoms with Crippen molar-refractivity contribution in [2.24, 2.45) is 5.92 Å². The number of benzene rings is 1. The molecule has 6 heteroatoms. The van der Waals surface area contributed by atoms with Crippen molar-refractivity contribution in [1.82, 2.24) is 4.98 Å². The first-order chi connectivity index (χ1) is 12.1. The zero-order valence-corrected chi connectivity index (χ0v) is 15.6. The summed E-state index contributed by atoms with van der Waals surface area (Å²) in [5.41, 5.74) is 0.870. The molecular weight excluding hydrogens is 335 g/mol. The molecule has 0 aliphatic rings. The zero-order chi connectivity index (χ0) is 19.5. The molecule has 0 atom stereocenters. The van der Waals surface area contributed by atoms with Crippen LogP contribution >= 0.6 is 0 Å². The highest BCUT2D eigenvalue weighted by molar-refractivity contribution is 6.03. The van der Waals surface area contributed by atoms with Gasteiger partial charge < -0.3 is 4.74 Å². The van der Waals surface area contributed by atoms with Gasteiger partial charge in [-0.15, -0.1) is 0 Å². The summed E-state index contributed by atoms with van der Waals surface area (Å²) in [6.45, 7) is 8.74. The number of ether oxygens (including phenoxy) is 1. The molecule has 5 nitrogen and oxygen atoms in total. The first-order valence-corrected chi connectivity index (χ1v) is 8.37. The lowest BCUT2D eigenvalue weighted by Gasteiger charge is -2.20. The second kappa shape index (κ2) is 7.64. The average Bonchev–Trinajstić information content (AvgIpc) is 2.52. The van der Waals surface area contributed by atoms with E-state index >= 15 is 0 Å². The van der Waals surface area contributed by atoms with Crippen LogP contribution < -0.4 is 5.32 Å². The fourth-order valence-electron chi connectivity index (χ4n) is 2.27. The Labute approximate surface area is 152 Å². The molecule has 0 spiro atoms. The number of nitrogens with one attached hydrogen (secondary N) is 1. The predicted octanol–water partition coefficient (Wildman–Crippen LogP) is 5.07. The number of hydrogen-bond donors (Lipinski definition) is 1. The number of Topliss-reactive ketones (excluding diaryl/α,β-unsaturated/α-hetero) is 1. The Morgan fingerprint density at radius 3 is 2.42 bits per heavy atom. The summed E-state index contributed by atoms with van der Waals surface area (Å²) in [5.74, 6) is -0.880. The first-order valence-electron chi connectivity index (χ1n) is 8.37. The minimum absolute atomic E-state index is 0.144. The van der Waals surface area contributed by atoms with Gasteiger partial charge >= 0.3 is 6.09 Å². The van der Waals surface area contributed by atoms with E-state index in [4.69, 9.17) is 4.74 Å². The van der Waals surface area contributed by atoms with Crippen molar-refractivity contribution in [2.45, 2.75) is 40.2 Å². The lowest BCUT2D eigenvalue weighted by molar-refractivity contribution is 0.0636. The van der Waals surface area contributed by atoms with Gasteiger partial charge in [0.2, 0.25) is 0 Å². The smallest absolute Gasteiger partial charge is 0.412 e. The SMILES string of the molecule is CC(C)C(=O)c1ncc(-c2cccc(F)c2)cc1NC(=O)OC(C)(C)C. The maximum Gasteiger partial charge on any atom is 0.412 e. The third-order valence-electron chi connectivity index (χ3n) is 3.44. The van der Waals surface area contributed by atoms with Gasteiger partial charge in [0.05, 0.1) is 5.69 Å². The van der Waals surface area contributed by atoms with Gasteiger partial charge in [-0.1, -0.05) is 26.0 Å². The number of carbonyl (C=O) groups excluding carboxylic acids is 2. The molecule has 1 aromatic carbocycles. The summed E-state index contributed by atoms with van der Waals surface area (Å²) < 4.78 is 18.8. The van der Waals surface area contributed by atoms with Gasteiger partial charge in [0, 0.05) is 17.7 Å². The zero-order valence-electron chi connectivity index (χ0n) is 15.6. The van der Waals surface area contributed by atoms with Crippen molar-refractivity contribution >= 4 is 17.6 Å². The largest absolute Gasteiger partial charge is 0.444 e. The summed E-state index contributed by atoms with van der Waals surface area (Å²) in [6, 6.07) is 7.60. The number of halogens is 1. The van der Waals surface area contributed by atoms with Crippen LogP contribution in [0.4, 0.5) is 14.9 Å². The lowest BCUT2D eigenvalue weighted by Crippen LogP contribution is -2.28. The Hall–Kier alpha value is -2.76. The van der Waals surface area contributed by atoms with Crippen LogP contribution in [-0.2, 0) is 4.74 Å². The molecule has 0 saturated carbocycles. The van der Waals surface area contributed by atoms with E-state index in [0.717, 1.165) is 0 Å². The van der Waals surface area contributed by atoms with E-state index in [-0.39, 0.29) is 28.9 Å². The molecule has 0 fully saturated rings. The van der Waals surface area contributed by atoms with Crippen molar-refractivity contribution in [3.05, 3.63) is 48.0 Å². The molecule has 1 N–H and O–H groups in total. The van der Waals surface area contributed by atoms with Crippen molar-refractivity contribution in [3.8, 4) is 11.1 Å². The van der Waals surface area contributed by atoms with Crippen LogP contribution in [0.15, 0.2) is 36.5 Å². The molecule has 1 heterocycles. The van der Waals surface area contributed by atoms with Crippen LogP contribution in [0.25, 0.3) is 11.1 Å². The maximum absolute atomic E-state index is 13.5. The van der Waals surface area contributed by atoms with Gasteiger partial charge in [-0.3, -0.25) is 15.1 Å². The van der Waals surface area contributed by atoms with Crippen LogP contribution in [0.1, 0.15) is 45.1 Å². The van der Waals surface area contributed by atoms with Gasteiger partial charge in [0.1, 0.15) is 17.1 Å². The lowest BCUT2D eigenvalue weighted by atomic mass is 10.0. The summed E-state index contributed by atoms with van der Waals surface area (Å²) in [7, 11) is 0. The number of nitrogens with zero attached hydrogens (tertiary/aromatic N) is 1. The number of aromatic nitrogens is 1. The number of pyridine rings is 1. The Bertz CT molecular complexity index is 826. The molecular formula is C20H23FN2O3. The fraction of sp³-hybridized carbons (Fsp3) is 0.350. The number of rotatable bonds is 4. The van der Waals surface area contributed by atoms with Crippen LogP contribution in [0, 0.1) is 11.7 Å². The van der Waals surface area contributed by atoms with Gasteiger partial charge in [0.25, 0.3) is 0 Å². The van der Waals surface area contributed by atoms with E-state index in [2.05, 4.69) is 10.3 Å².